The van der Waals surface area contributed by atoms with E-state index < -0.39 is 0 Å². The zero-order valence-corrected chi connectivity index (χ0v) is 11.4. The van der Waals surface area contributed by atoms with Gasteiger partial charge in [-0.25, -0.2) is 0 Å². The van der Waals surface area contributed by atoms with E-state index in [9.17, 15) is 0 Å². The lowest BCUT2D eigenvalue weighted by Gasteiger charge is -2.31. The molecule has 0 heterocycles. The lowest BCUT2D eigenvalue weighted by molar-refractivity contribution is 0.270. The van der Waals surface area contributed by atoms with Crippen molar-refractivity contribution in [3.05, 3.63) is 0 Å². The number of nitrogens with one attached hydrogen (secondary N) is 1. The summed E-state index contributed by atoms with van der Waals surface area (Å²) in [4.78, 5) is 0. The largest absolute Gasteiger partial charge is 0.311 e. The quantitative estimate of drug-likeness (QED) is 0.745. The SMILES string of the molecule is CCCC1CCC(NC(C)CSC)CC1. The Hall–Kier alpha value is 0.310. The van der Waals surface area contributed by atoms with Crippen LogP contribution in [-0.2, 0) is 0 Å². The molecule has 2 heteroatoms. The number of hydrogen-bond acceptors (Lipinski definition) is 2. The normalized spacial score (nSPS) is 29.0. The standard InChI is InChI=1S/C13H27NS/c1-4-5-12-6-8-13(9-7-12)14-11(2)10-15-3/h11-14H,4-10H2,1-3H3. The van der Waals surface area contributed by atoms with Gasteiger partial charge in [0, 0.05) is 17.8 Å². The van der Waals surface area contributed by atoms with E-state index in [0.29, 0.717) is 6.04 Å². The molecule has 1 saturated carbocycles. The highest BCUT2D eigenvalue weighted by atomic mass is 32.2. The first-order valence-corrected chi connectivity index (χ1v) is 7.90. The fourth-order valence-electron chi connectivity index (χ4n) is 2.73. The second kappa shape index (κ2) is 7.56. The molecule has 0 spiro atoms. The molecular formula is C13H27NS. The van der Waals surface area contributed by atoms with Crippen LogP contribution in [0, 0.1) is 5.92 Å². The maximum atomic E-state index is 3.76. The van der Waals surface area contributed by atoms with Crippen LogP contribution >= 0.6 is 11.8 Å². The molecule has 0 aromatic heterocycles. The second-order valence-electron chi connectivity index (χ2n) is 5.03. The average molecular weight is 229 g/mol. The average Bonchev–Trinajstić information content (AvgIpc) is 2.22. The van der Waals surface area contributed by atoms with E-state index in [1.165, 1.54) is 44.3 Å². The first-order valence-electron chi connectivity index (χ1n) is 6.51. The third-order valence-electron chi connectivity index (χ3n) is 3.48. The lowest BCUT2D eigenvalue weighted by Crippen LogP contribution is -2.40. The van der Waals surface area contributed by atoms with E-state index in [0.717, 1.165) is 12.0 Å². The molecule has 1 fully saturated rings. The van der Waals surface area contributed by atoms with Crippen molar-refractivity contribution in [3.63, 3.8) is 0 Å². The van der Waals surface area contributed by atoms with Gasteiger partial charge in [0.25, 0.3) is 0 Å². The molecule has 0 saturated heterocycles. The van der Waals surface area contributed by atoms with Gasteiger partial charge in [-0.05, 0) is 44.8 Å². The zero-order valence-electron chi connectivity index (χ0n) is 10.6. The van der Waals surface area contributed by atoms with Crippen molar-refractivity contribution in [1.29, 1.82) is 0 Å². The predicted molar refractivity (Wildman–Crippen MR) is 71.6 cm³/mol. The highest BCUT2D eigenvalue weighted by Crippen LogP contribution is 2.27. The summed E-state index contributed by atoms with van der Waals surface area (Å²) in [7, 11) is 0. The molecule has 1 rings (SSSR count). The van der Waals surface area contributed by atoms with Gasteiger partial charge in [0.05, 0.1) is 0 Å². The molecule has 0 bridgehead atoms. The topological polar surface area (TPSA) is 12.0 Å². The van der Waals surface area contributed by atoms with E-state index in [4.69, 9.17) is 0 Å². The molecule has 1 atom stereocenters. The van der Waals surface area contributed by atoms with Crippen LogP contribution in [0.5, 0.6) is 0 Å². The van der Waals surface area contributed by atoms with E-state index >= 15 is 0 Å². The Balaban J connectivity index is 2.14. The van der Waals surface area contributed by atoms with Gasteiger partial charge in [-0.3, -0.25) is 0 Å². The smallest absolute Gasteiger partial charge is 0.0132 e. The third-order valence-corrected chi connectivity index (χ3v) is 4.31. The minimum Gasteiger partial charge on any atom is -0.311 e. The summed E-state index contributed by atoms with van der Waals surface area (Å²) in [6.45, 7) is 4.62. The first kappa shape index (κ1) is 13.4. The Bertz CT molecular complexity index is 153. The molecule has 1 nitrogen and oxygen atoms in total. The van der Waals surface area contributed by atoms with Crippen molar-refractivity contribution in [2.24, 2.45) is 5.92 Å². The predicted octanol–water partition coefficient (Wildman–Crippen LogP) is 3.69. The summed E-state index contributed by atoms with van der Waals surface area (Å²) in [6.07, 6.45) is 10.7. The van der Waals surface area contributed by atoms with Crippen LogP contribution in [0.2, 0.25) is 0 Å². The van der Waals surface area contributed by atoms with E-state index in [1.54, 1.807) is 0 Å². The van der Waals surface area contributed by atoms with Gasteiger partial charge in [-0.2, -0.15) is 11.8 Å². The number of hydrogen-bond donors (Lipinski definition) is 1. The van der Waals surface area contributed by atoms with Crippen LogP contribution in [0.25, 0.3) is 0 Å². The summed E-state index contributed by atoms with van der Waals surface area (Å²) >= 11 is 1.94. The van der Waals surface area contributed by atoms with Crippen molar-refractivity contribution in [2.45, 2.75) is 64.5 Å². The van der Waals surface area contributed by atoms with Crippen LogP contribution in [0.3, 0.4) is 0 Å². The lowest BCUT2D eigenvalue weighted by atomic mass is 9.83. The molecule has 1 unspecified atom stereocenters. The summed E-state index contributed by atoms with van der Waals surface area (Å²) in [5, 5.41) is 3.76. The monoisotopic (exact) mass is 229 g/mol. The first-order chi connectivity index (χ1) is 7.26. The number of rotatable bonds is 6. The fourth-order valence-corrected chi connectivity index (χ4v) is 3.32. The third kappa shape index (κ3) is 5.26. The molecule has 90 valence electrons. The molecule has 1 aliphatic rings. The van der Waals surface area contributed by atoms with Crippen molar-refractivity contribution < 1.29 is 0 Å². The maximum absolute atomic E-state index is 3.76. The summed E-state index contributed by atoms with van der Waals surface area (Å²) in [5.74, 6) is 2.28. The van der Waals surface area contributed by atoms with Gasteiger partial charge in [0.15, 0.2) is 0 Å². The molecule has 0 aliphatic heterocycles. The highest BCUT2D eigenvalue weighted by Gasteiger charge is 2.21. The van der Waals surface area contributed by atoms with Crippen LogP contribution in [-0.4, -0.2) is 24.1 Å². The van der Waals surface area contributed by atoms with Crippen molar-refractivity contribution >= 4 is 11.8 Å². The van der Waals surface area contributed by atoms with Gasteiger partial charge in [-0.1, -0.05) is 19.8 Å². The molecule has 15 heavy (non-hydrogen) atoms. The van der Waals surface area contributed by atoms with Crippen LogP contribution in [0.4, 0.5) is 0 Å². The Kier molecular flexibility index (Phi) is 6.74. The van der Waals surface area contributed by atoms with E-state index in [1.807, 2.05) is 11.8 Å². The molecular weight excluding hydrogens is 202 g/mol. The van der Waals surface area contributed by atoms with E-state index in [-0.39, 0.29) is 0 Å². The second-order valence-corrected chi connectivity index (χ2v) is 5.94. The molecule has 1 N–H and O–H groups in total. The van der Waals surface area contributed by atoms with Crippen LogP contribution in [0.15, 0.2) is 0 Å². The van der Waals surface area contributed by atoms with Crippen molar-refractivity contribution in [3.8, 4) is 0 Å². The molecule has 0 aromatic rings. The van der Waals surface area contributed by atoms with Gasteiger partial charge in [0.2, 0.25) is 0 Å². The minimum atomic E-state index is 0.688. The highest BCUT2D eigenvalue weighted by molar-refractivity contribution is 7.98. The van der Waals surface area contributed by atoms with Gasteiger partial charge >= 0.3 is 0 Å². The zero-order chi connectivity index (χ0) is 11.1. The summed E-state index contributed by atoms with van der Waals surface area (Å²) in [6, 6.07) is 1.49. The summed E-state index contributed by atoms with van der Waals surface area (Å²) in [5.41, 5.74) is 0. The van der Waals surface area contributed by atoms with Crippen molar-refractivity contribution in [1.82, 2.24) is 5.32 Å². The van der Waals surface area contributed by atoms with Gasteiger partial charge in [0.1, 0.15) is 0 Å². The number of thioether (sulfide) groups is 1. The Morgan fingerprint density at radius 3 is 2.47 bits per heavy atom. The minimum absolute atomic E-state index is 0.688. The fraction of sp³-hybridized carbons (Fsp3) is 1.00. The Morgan fingerprint density at radius 1 is 1.27 bits per heavy atom. The van der Waals surface area contributed by atoms with Gasteiger partial charge < -0.3 is 5.32 Å². The molecule has 0 radical (unpaired) electrons. The molecule has 0 amide bonds. The van der Waals surface area contributed by atoms with Crippen LogP contribution in [0.1, 0.15) is 52.4 Å². The Morgan fingerprint density at radius 2 is 1.93 bits per heavy atom. The van der Waals surface area contributed by atoms with Gasteiger partial charge in [-0.15, -0.1) is 0 Å². The van der Waals surface area contributed by atoms with Crippen LogP contribution < -0.4 is 5.32 Å². The summed E-state index contributed by atoms with van der Waals surface area (Å²) < 4.78 is 0. The molecule has 0 aromatic carbocycles. The molecule has 1 aliphatic carbocycles. The van der Waals surface area contributed by atoms with Crippen molar-refractivity contribution in [2.75, 3.05) is 12.0 Å². The maximum Gasteiger partial charge on any atom is 0.0132 e. The Labute approximate surface area is 99.8 Å². The van der Waals surface area contributed by atoms with E-state index in [2.05, 4.69) is 25.4 Å².